The summed E-state index contributed by atoms with van der Waals surface area (Å²) in [6.07, 6.45) is 0.402. The van der Waals surface area contributed by atoms with Crippen LogP contribution in [0.2, 0.25) is 5.02 Å². The third-order valence-corrected chi connectivity index (χ3v) is 4.93. The molecule has 1 amide bonds. The highest BCUT2D eigenvalue weighted by atomic mass is 35.5. The van der Waals surface area contributed by atoms with Crippen LogP contribution >= 0.6 is 11.6 Å². The van der Waals surface area contributed by atoms with Crippen molar-refractivity contribution < 1.29 is 23.8 Å². The number of carbonyl (C=O) groups excluding carboxylic acids is 2. The number of hydrogen-bond donors (Lipinski definition) is 1. The van der Waals surface area contributed by atoms with E-state index in [9.17, 15) is 9.59 Å². The molecule has 0 bridgehead atoms. The Kier molecular flexibility index (Phi) is 4.66. The summed E-state index contributed by atoms with van der Waals surface area (Å²) >= 11 is 6.22. The zero-order valence-electron chi connectivity index (χ0n) is 14.7. The second kappa shape index (κ2) is 7.12. The van der Waals surface area contributed by atoms with Crippen molar-refractivity contribution in [1.29, 1.82) is 0 Å². The highest BCUT2D eigenvalue weighted by Crippen LogP contribution is 2.42. The number of nitrogens with one attached hydrogen (secondary N) is 1. The third kappa shape index (κ3) is 3.45. The van der Waals surface area contributed by atoms with Gasteiger partial charge in [-0.2, -0.15) is 0 Å². The van der Waals surface area contributed by atoms with Crippen molar-refractivity contribution in [1.82, 2.24) is 0 Å². The number of ketones is 1. The molecule has 2 aromatic carbocycles. The number of halogens is 1. The molecule has 0 fully saturated rings. The van der Waals surface area contributed by atoms with Crippen molar-refractivity contribution in [3.63, 3.8) is 0 Å². The smallest absolute Gasteiger partial charge is 0.262 e. The number of carbonyl (C=O) groups is 2. The summed E-state index contributed by atoms with van der Waals surface area (Å²) in [5.74, 6) is 1.34. The van der Waals surface area contributed by atoms with Gasteiger partial charge in [0.2, 0.25) is 0 Å². The van der Waals surface area contributed by atoms with E-state index in [0.29, 0.717) is 53.2 Å². The Morgan fingerprint density at radius 2 is 2.00 bits per heavy atom. The zero-order valence-corrected chi connectivity index (χ0v) is 15.5. The van der Waals surface area contributed by atoms with Crippen molar-refractivity contribution in [3.8, 4) is 17.2 Å². The number of Topliss-reactive ketones (excluding diaryl/α,β-unsaturated/α-hetero) is 1. The predicted molar refractivity (Wildman–Crippen MR) is 100 cm³/mol. The summed E-state index contributed by atoms with van der Waals surface area (Å²) < 4.78 is 16.6. The van der Waals surface area contributed by atoms with Gasteiger partial charge in [-0.25, -0.2) is 0 Å². The highest BCUT2D eigenvalue weighted by Gasteiger charge is 2.32. The van der Waals surface area contributed by atoms with Gasteiger partial charge in [0.1, 0.15) is 19.0 Å². The van der Waals surface area contributed by atoms with Gasteiger partial charge in [0.05, 0.1) is 5.56 Å². The van der Waals surface area contributed by atoms with Crippen LogP contribution in [0.1, 0.15) is 35.2 Å². The summed E-state index contributed by atoms with van der Waals surface area (Å²) in [5.41, 5.74) is 1.87. The maximum Gasteiger partial charge on any atom is 0.262 e. The van der Waals surface area contributed by atoms with Crippen LogP contribution in [0, 0.1) is 0 Å². The van der Waals surface area contributed by atoms with Crippen LogP contribution in [-0.4, -0.2) is 31.5 Å². The molecule has 1 atom stereocenters. The number of hydrogen-bond acceptors (Lipinski definition) is 5. The van der Waals surface area contributed by atoms with Gasteiger partial charge in [-0.3, -0.25) is 9.59 Å². The maximum absolute atomic E-state index is 12.3. The first-order valence-corrected chi connectivity index (χ1v) is 9.08. The van der Waals surface area contributed by atoms with E-state index in [1.54, 1.807) is 30.3 Å². The van der Waals surface area contributed by atoms with Crippen LogP contribution in [0.4, 0.5) is 5.69 Å². The first-order valence-electron chi connectivity index (χ1n) is 8.71. The Labute approximate surface area is 161 Å². The topological polar surface area (TPSA) is 73.9 Å². The van der Waals surface area contributed by atoms with Gasteiger partial charge in [0, 0.05) is 23.2 Å². The Morgan fingerprint density at radius 1 is 1.22 bits per heavy atom. The SMILES string of the molecule is CC1CC(=O)c2c(OCC(=O)Nc3ccc4c(c3)OCCO4)ccc(Cl)c21. The molecule has 1 heterocycles. The molecule has 0 saturated carbocycles. The van der Waals surface area contributed by atoms with E-state index < -0.39 is 0 Å². The molecule has 4 rings (SSSR count). The molecular weight excluding hydrogens is 370 g/mol. The van der Waals surface area contributed by atoms with E-state index in [-0.39, 0.29) is 24.2 Å². The molecule has 2 aliphatic rings. The summed E-state index contributed by atoms with van der Waals surface area (Å²) in [6, 6.07) is 8.52. The van der Waals surface area contributed by atoms with Crippen molar-refractivity contribution >= 4 is 29.0 Å². The number of fused-ring (bicyclic) bond motifs is 2. The van der Waals surface area contributed by atoms with Gasteiger partial charge in [0.25, 0.3) is 5.91 Å². The molecule has 0 radical (unpaired) electrons. The number of benzene rings is 2. The molecule has 27 heavy (non-hydrogen) atoms. The lowest BCUT2D eigenvalue weighted by Gasteiger charge is -2.19. The fourth-order valence-corrected chi connectivity index (χ4v) is 3.75. The highest BCUT2D eigenvalue weighted by molar-refractivity contribution is 6.32. The molecule has 1 aliphatic heterocycles. The van der Waals surface area contributed by atoms with E-state index >= 15 is 0 Å². The number of anilines is 1. The van der Waals surface area contributed by atoms with Gasteiger partial charge in [-0.15, -0.1) is 0 Å². The summed E-state index contributed by atoms with van der Waals surface area (Å²) in [6.45, 7) is 2.72. The Hall–Kier alpha value is -2.73. The average molecular weight is 388 g/mol. The molecule has 0 spiro atoms. The average Bonchev–Trinajstić information content (AvgIpc) is 2.96. The summed E-state index contributed by atoms with van der Waals surface area (Å²) in [5, 5.41) is 3.30. The zero-order chi connectivity index (χ0) is 19.0. The fourth-order valence-electron chi connectivity index (χ4n) is 3.41. The summed E-state index contributed by atoms with van der Waals surface area (Å²) in [4.78, 5) is 24.5. The minimum atomic E-state index is -0.339. The molecular formula is C20H18ClNO5. The normalized spacial score (nSPS) is 17.4. The van der Waals surface area contributed by atoms with E-state index in [1.807, 2.05) is 6.92 Å². The molecule has 140 valence electrons. The van der Waals surface area contributed by atoms with Crippen molar-refractivity contribution in [2.45, 2.75) is 19.3 Å². The molecule has 7 heteroatoms. The lowest BCUT2D eigenvalue weighted by Crippen LogP contribution is -2.21. The van der Waals surface area contributed by atoms with Crippen LogP contribution < -0.4 is 19.5 Å². The first-order chi connectivity index (χ1) is 13.0. The van der Waals surface area contributed by atoms with Crippen molar-refractivity contribution in [3.05, 3.63) is 46.5 Å². The van der Waals surface area contributed by atoms with Gasteiger partial charge >= 0.3 is 0 Å². The number of amides is 1. The molecule has 1 unspecified atom stereocenters. The van der Waals surface area contributed by atoms with Gasteiger partial charge in [-0.1, -0.05) is 18.5 Å². The van der Waals surface area contributed by atoms with E-state index in [1.165, 1.54) is 0 Å². The molecule has 6 nitrogen and oxygen atoms in total. The molecule has 2 aromatic rings. The maximum atomic E-state index is 12.3. The third-order valence-electron chi connectivity index (χ3n) is 4.60. The van der Waals surface area contributed by atoms with Crippen LogP contribution in [0.5, 0.6) is 17.2 Å². The minimum absolute atomic E-state index is 0.0118. The Bertz CT molecular complexity index is 927. The van der Waals surface area contributed by atoms with Crippen molar-refractivity contribution in [2.24, 2.45) is 0 Å². The predicted octanol–water partition coefficient (Wildman–Crippen LogP) is 3.82. The van der Waals surface area contributed by atoms with E-state index in [0.717, 1.165) is 5.56 Å². The lowest BCUT2D eigenvalue weighted by molar-refractivity contribution is -0.118. The van der Waals surface area contributed by atoms with Gasteiger partial charge in [-0.05, 0) is 35.7 Å². The Morgan fingerprint density at radius 3 is 2.81 bits per heavy atom. The largest absolute Gasteiger partial charge is 0.486 e. The first kappa shape index (κ1) is 17.7. The van der Waals surface area contributed by atoms with Gasteiger partial charge < -0.3 is 19.5 Å². The lowest BCUT2D eigenvalue weighted by atomic mass is 10.0. The second-order valence-corrected chi connectivity index (χ2v) is 6.97. The van der Waals surface area contributed by atoms with Crippen LogP contribution in [-0.2, 0) is 4.79 Å². The molecule has 1 N–H and O–H groups in total. The quantitative estimate of drug-likeness (QED) is 0.863. The second-order valence-electron chi connectivity index (χ2n) is 6.56. The van der Waals surface area contributed by atoms with Gasteiger partial charge in [0.15, 0.2) is 23.9 Å². The molecule has 0 aromatic heterocycles. The molecule has 1 aliphatic carbocycles. The standard InChI is InChI=1S/C20H18ClNO5/c1-11-8-14(23)20-16(5-3-13(21)19(11)20)27-10-18(24)22-12-2-4-15-17(9-12)26-7-6-25-15/h2-5,9,11H,6-8,10H2,1H3,(H,22,24). The minimum Gasteiger partial charge on any atom is -0.486 e. The fraction of sp³-hybridized carbons (Fsp3) is 0.300. The van der Waals surface area contributed by atoms with E-state index in [2.05, 4.69) is 5.32 Å². The van der Waals surface area contributed by atoms with E-state index in [4.69, 9.17) is 25.8 Å². The Balaban J connectivity index is 1.44. The van der Waals surface area contributed by atoms with Crippen molar-refractivity contribution in [2.75, 3.05) is 25.1 Å². The van der Waals surface area contributed by atoms with Crippen LogP contribution in [0.25, 0.3) is 0 Å². The number of rotatable bonds is 4. The molecule has 0 saturated heterocycles. The number of ether oxygens (including phenoxy) is 3. The summed E-state index contributed by atoms with van der Waals surface area (Å²) in [7, 11) is 0. The van der Waals surface area contributed by atoms with Crippen LogP contribution in [0.3, 0.4) is 0 Å². The van der Waals surface area contributed by atoms with Crippen LogP contribution in [0.15, 0.2) is 30.3 Å². The monoisotopic (exact) mass is 387 g/mol.